The summed E-state index contributed by atoms with van der Waals surface area (Å²) in [6.45, 7) is 9.73. The van der Waals surface area contributed by atoms with Crippen LogP contribution in [0.1, 0.15) is 55.1 Å². The predicted molar refractivity (Wildman–Crippen MR) is 139 cm³/mol. The highest BCUT2D eigenvalue weighted by molar-refractivity contribution is 6.01. The number of aliphatic hydroxyl groups excluding tert-OH is 1. The molecule has 3 unspecified atom stereocenters. The topological polar surface area (TPSA) is 129 Å². The summed E-state index contributed by atoms with van der Waals surface area (Å²) >= 11 is 0. The van der Waals surface area contributed by atoms with E-state index >= 15 is 0 Å². The van der Waals surface area contributed by atoms with Crippen LogP contribution in [0, 0.1) is 5.92 Å². The first kappa shape index (κ1) is 27.1. The van der Waals surface area contributed by atoms with Gasteiger partial charge < -0.3 is 26.0 Å². The van der Waals surface area contributed by atoms with Gasteiger partial charge in [-0.15, -0.1) is 0 Å². The second-order valence-corrected chi connectivity index (χ2v) is 9.84. The number of nitrogens with zero attached hydrogens (tertiary/aromatic N) is 3. The fourth-order valence-electron chi connectivity index (χ4n) is 4.44. The minimum Gasteiger partial charge on any atom is -0.391 e. The molecule has 2 heterocycles. The highest BCUT2D eigenvalue weighted by Crippen LogP contribution is 2.23. The third-order valence-corrected chi connectivity index (χ3v) is 6.49. The molecule has 1 aliphatic heterocycles. The molecule has 194 valence electrons. The Labute approximate surface area is 212 Å². The molecular weight excluding hydrogens is 458 g/mol. The number of hydrogen-bond acceptors (Lipinski definition) is 6. The van der Waals surface area contributed by atoms with Crippen molar-refractivity contribution in [2.45, 2.75) is 52.2 Å². The van der Waals surface area contributed by atoms with Gasteiger partial charge in [-0.1, -0.05) is 38.1 Å². The van der Waals surface area contributed by atoms with Gasteiger partial charge in [0.2, 0.25) is 11.8 Å². The van der Waals surface area contributed by atoms with Gasteiger partial charge in [-0.05, 0) is 49.4 Å². The summed E-state index contributed by atoms with van der Waals surface area (Å²) in [6.07, 6.45) is 1.48. The molecule has 36 heavy (non-hydrogen) atoms. The van der Waals surface area contributed by atoms with Crippen LogP contribution >= 0.6 is 0 Å². The Balaban J connectivity index is 1.64. The fraction of sp³-hybridized carbons (Fsp3) is 0.481. The molecule has 3 rings (SSSR count). The average molecular weight is 496 g/mol. The van der Waals surface area contributed by atoms with Crippen LogP contribution in [0.3, 0.4) is 0 Å². The number of hydrogen-bond donors (Lipinski definition) is 3. The van der Waals surface area contributed by atoms with Crippen molar-refractivity contribution in [2.24, 2.45) is 11.7 Å². The van der Waals surface area contributed by atoms with Crippen LogP contribution in [0.25, 0.3) is 0 Å². The first-order chi connectivity index (χ1) is 17.1. The van der Waals surface area contributed by atoms with Crippen molar-refractivity contribution in [3.63, 3.8) is 0 Å². The number of nitrogens with one attached hydrogen (secondary N) is 1. The fourth-order valence-corrected chi connectivity index (χ4v) is 4.44. The summed E-state index contributed by atoms with van der Waals surface area (Å²) < 4.78 is 0. The third kappa shape index (κ3) is 6.60. The molecule has 0 aliphatic carbocycles. The lowest BCUT2D eigenvalue weighted by Crippen LogP contribution is -2.52. The summed E-state index contributed by atoms with van der Waals surface area (Å²) in [5.74, 6) is -0.488. The highest BCUT2D eigenvalue weighted by atomic mass is 16.3. The summed E-state index contributed by atoms with van der Waals surface area (Å²) in [4.78, 5) is 45.8. The largest absolute Gasteiger partial charge is 0.391 e. The van der Waals surface area contributed by atoms with Gasteiger partial charge in [0.1, 0.15) is 11.9 Å². The maximum atomic E-state index is 13.2. The van der Waals surface area contributed by atoms with E-state index in [1.165, 1.54) is 12.5 Å². The Hall–Kier alpha value is -3.46. The van der Waals surface area contributed by atoms with Crippen molar-refractivity contribution in [3.8, 4) is 0 Å². The minimum absolute atomic E-state index is 0.0754. The van der Waals surface area contributed by atoms with Crippen molar-refractivity contribution in [1.82, 2.24) is 15.2 Å². The van der Waals surface area contributed by atoms with Crippen LogP contribution in [-0.4, -0.2) is 71.0 Å². The van der Waals surface area contributed by atoms with E-state index in [9.17, 15) is 19.5 Å². The molecule has 0 radical (unpaired) electrons. The molecular formula is C27H37N5O4. The zero-order chi connectivity index (χ0) is 26.4. The van der Waals surface area contributed by atoms with Crippen molar-refractivity contribution in [1.29, 1.82) is 0 Å². The molecule has 1 saturated heterocycles. The zero-order valence-corrected chi connectivity index (χ0v) is 21.5. The second-order valence-electron chi connectivity index (χ2n) is 9.84. The summed E-state index contributed by atoms with van der Waals surface area (Å²) in [5, 5.41) is 12.3. The summed E-state index contributed by atoms with van der Waals surface area (Å²) in [6, 6.07) is 10.3. The molecule has 0 spiro atoms. The normalized spacial score (nSPS) is 16.4. The minimum atomic E-state index is -1.21. The van der Waals surface area contributed by atoms with E-state index in [-0.39, 0.29) is 17.4 Å². The Bertz CT molecular complexity index is 1060. The van der Waals surface area contributed by atoms with Gasteiger partial charge >= 0.3 is 0 Å². The van der Waals surface area contributed by atoms with E-state index in [4.69, 9.17) is 5.73 Å². The SMILES string of the molecule is CC(C)Cc1ccc(C(C)C(=O)N2CCN(c3ncccc3C(=O)NC(C(N)=O)C(C)O)CC2)cc1. The molecule has 9 nitrogen and oxygen atoms in total. The van der Waals surface area contributed by atoms with E-state index in [0.29, 0.717) is 37.9 Å². The monoisotopic (exact) mass is 495 g/mol. The molecule has 4 N–H and O–H groups in total. The van der Waals surface area contributed by atoms with Gasteiger partial charge in [-0.2, -0.15) is 0 Å². The van der Waals surface area contributed by atoms with E-state index in [1.54, 1.807) is 18.3 Å². The smallest absolute Gasteiger partial charge is 0.255 e. The van der Waals surface area contributed by atoms with Crippen LogP contribution in [0.4, 0.5) is 5.82 Å². The third-order valence-electron chi connectivity index (χ3n) is 6.49. The van der Waals surface area contributed by atoms with E-state index in [2.05, 4.69) is 36.3 Å². The molecule has 1 aliphatic rings. The number of rotatable bonds is 9. The van der Waals surface area contributed by atoms with E-state index in [0.717, 1.165) is 12.0 Å². The summed E-state index contributed by atoms with van der Waals surface area (Å²) in [7, 11) is 0. The number of nitrogens with two attached hydrogens (primary N) is 1. The maximum Gasteiger partial charge on any atom is 0.255 e. The number of aromatic nitrogens is 1. The highest BCUT2D eigenvalue weighted by Gasteiger charge is 2.29. The number of carbonyl (C=O) groups is 3. The van der Waals surface area contributed by atoms with Crippen molar-refractivity contribution in [2.75, 3.05) is 31.1 Å². The summed E-state index contributed by atoms with van der Waals surface area (Å²) in [5.41, 5.74) is 7.85. The molecule has 2 aromatic rings. The number of amides is 3. The Morgan fingerprint density at radius 2 is 1.67 bits per heavy atom. The zero-order valence-electron chi connectivity index (χ0n) is 21.5. The van der Waals surface area contributed by atoms with Gasteiger partial charge in [0.25, 0.3) is 5.91 Å². The van der Waals surface area contributed by atoms with Gasteiger partial charge in [-0.25, -0.2) is 4.98 Å². The maximum absolute atomic E-state index is 13.2. The van der Waals surface area contributed by atoms with Gasteiger partial charge in [-0.3, -0.25) is 14.4 Å². The molecule has 0 bridgehead atoms. The average Bonchev–Trinajstić information content (AvgIpc) is 2.86. The molecule has 9 heteroatoms. The Morgan fingerprint density at radius 1 is 1.03 bits per heavy atom. The van der Waals surface area contributed by atoms with Crippen LogP contribution in [0.5, 0.6) is 0 Å². The van der Waals surface area contributed by atoms with Crippen LogP contribution in [-0.2, 0) is 16.0 Å². The number of carbonyl (C=O) groups excluding carboxylic acids is 3. The quantitative estimate of drug-likeness (QED) is 0.486. The van der Waals surface area contributed by atoms with Gasteiger partial charge in [0, 0.05) is 32.4 Å². The molecule has 3 amide bonds. The lowest BCUT2D eigenvalue weighted by Gasteiger charge is -2.37. The number of piperazine rings is 1. The van der Waals surface area contributed by atoms with Crippen LogP contribution in [0.2, 0.25) is 0 Å². The standard InChI is InChI=1S/C27H37N5O4/c1-17(2)16-20-7-9-21(10-8-20)18(3)27(36)32-14-12-31(13-15-32)25-22(6-5-11-29-25)26(35)30-23(19(4)33)24(28)34/h5-11,17-19,23,33H,12-16H2,1-4H3,(H2,28,34)(H,30,35). The number of primary amides is 1. The van der Waals surface area contributed by atoms with Gasteiger partial charge in [0.05, 0.1) is 17.6 Å². The number of aliphatic hydroxyl groups is 1. The molecule has 3 atom stereocenters. The predicted octanol–water partition coefficient (Wildman–Crippen LogP) is 1.70. The number of anilines is 1. The Morgan fingerprint density at radius 3 is 2.22 bits per heavy atom. The molecule has 0 saturated carbocycles. The molecule has 1 aromatic heterocycles. The first-order valence-corrected chi connectivity index (χ1v) is 12.4. The van der Waals surface area contributed by atoms with Crippen molar-refractivity contribution >= 4 is 23.5 Å². The van der Waals surface area contributed by atoms with Crippen molar-refractivity contribution in [3.05, 3.63) is 59.3 Å². The van der Waals surface area contributed by atoms with Gasteiger partial charge in [0.15, 0.2) is 0 Å². The Kier molecular flexibility index (Phi) is 9.03. The first-order valence-electron chi connectivity index (χ1n) is 12.4. The molecule has 1 fully saturated rings. The lowest BCUT2D eigenvalue weighted by molar-refractivity contribution is -0.132. The second kappa shape index (κ2) is 12.0. The van der Waals surface area contributed by atoms with Crippen molar-refractivity contribution < 1.29 is 19.5 Å². The molecule has 1 aromatic carbocycles. The lowest BCUT2D eigenvalue weighted by atomic mass is 9.95. The van der Waals surface area contributed by atoms with E-state index < -0.39 is 24.0 Å². The van der Waals surface area contributed by atoms with Crippen LogP contribution in [0.15, 0.2) is 42.6 Å². The number of benzene rings is 1. The van der Waals surface area contributed by atoms with Crippen LogP contribution < -0.4 is 16.0 Å². The van der Waals surface area contributed by atoms with E-state index in [1.807, 2.05) is 28.9 Å². The number of pyridine rings is 1.